The molecule has 0 heterocycles. The Bertz CT molecular complexity index is 447. The fourth-order valence-corrected chi connectivity index (χ4v) is 1.29. The average Bonchev–Trinajstić information content (AvgIpc) is 2.15. The zero-order chi connectivity index (χ0) is 12.5. The molecule has 1 N–H and O–H groups in total. The first-order chi connectivity index (χ1) is 7.23. The van der Waals surface area contributed by atoms with Crippen LogP contribution >= 0.6 is 0 Å². The van der Waals surface area contributed by atoms with Gasteiger partial charge >= 0.3 is 12.1 Å². The highest BCUT2D eigenvalue weighted by Crippen LogP contribution is 2.33. The molecular formula is C11H9F3O2. The summed E-state index contributed by atoms with van der Waals surface area (Å²) in [6.07, 6.45) is -4.50. The van der Waals surface area contributed by atoms with E-state index in [1.54, 1.807) is 0 Å². The lowest BCUT2D eigenvalue weighted by atomic mass is 9.99. The van der Waals surface area contributed by atoms with Gasteiger partial charge in [-0.15, -0.1) is 0 Å². The number of aryl methyl sites for hydroxylation is 1. The number of carbonyl (C=O) groups is 1. The van der Waals surface area contributed by atoms with Gasteiger partial charge in [-0.2, -0.15) is 13.2 Å². The molecule has 0 bridgehead atoms. The molecule has 0 aliphatic rings. The largest absolute Gasteiger partial charge is 0.478 e. The second-order valence-electron chi connectivity index (χ2n) is 3.31. The lowest BCUT2D eigenvalue weighted by Crippen LogP contribution is -2.11. The molecule has 0 saturated carbocycles. The fourth-order valence-electron chi connectivity index (χ4n) is 1.29. The van der Waals surface area contributed by atoms with Crippen LogP contribution in [0.2, 0.25) is 0 Å². The number of hydrogen-bond acceptors (Lipinski definition) is 1. The standard InChI is InChI=1S/C11H9F3O2/c1-6-5-8(10(15)16)3-4-9(6)7(2)11(12,13)14/h3-5H,2H2,1H3,(H,15,16). The molecule has 5 heteroatoms. The summed E-state index contributed by atoms with van der Waals surface area (Å²) in [6, 6.07) is 3.44. The third-order valence-corrected chi connectivity index (χ3v) is 2.14. The highest BCUT2D eigenvalue weighted by Gasteiger charge is 2.33. The number of carboxylic acid groups (broad SMARTS) is 1. The molecule has 0 aliphatic heterocycles. The molecule has 0 saturated heterocycles. The Kier molecular flexibility index (Phi) is 3.07. The summed E-state index contributed by atoms with van der Waals surface area (Å²) >= 11 is 0. The average molecular weight is 230 g/mol. The number of rotatable bonds is 2. The van der Waals surface area contributed by atoms with E-state index < -0.39 is 17.7 Å². The molecule has 86 valence electrons. The van der Waals surface area contributed by atoms with Crippen LogP contribution in [0.25, 0.3) is 5.57 Å². The molecule has 0 amide bonds. The van der Waals surface area contributed by atoms with E-state index in [1.807, 2.05) is 0 Å². The molecule has 0 radical (unpaired) electrons. The van der Waals surface area contributed by atoms with Crippen molar-refractivity contribution in [2.45, 2.75) is 13.1 Å². The van der Waals surface area contributed by atoms with Gasteiger partial charge in [0.25, 0.3) is 0 Å². The SMILES string of the molecule is C=C(c1ccc(C(=O)O)cc1C)C(F)(F)F. The molecular weight excluding hydrogens is 221 g/mol. The Morgan fingerprint density at radius 3 is 2.31 bits per heavy atom. The van der Waals surface area contributed by atoms with Crippen LogP contribution in [0.15, 0.2) is 24.8 Å². The molecule has 0 aromatic heterocycles. The summed E-state index contributed by atoms with van der Waals surface area (Å²) in [7, 11) is 0. The lowest BCUT2D eigenvalue weighted by Gasteiger charge is -2.12. The predicted octanol–water partition coefficient (Wildman–Crippen LogP) is 3.27. The van der Waals surface area contributed by atoms with Crippen molar-refractivity contribution >= 4 is 11.5 Å². The van der Waals surface area contributed by atoms with E-state index in [-0.39, 0.29) is 16.7 Å². The predicted molar refractivity (Wildman–Crippen MR) is 53.2 cm³/mol. The Morgan fingerprint density at radius 1 is 1.38 bits per heavy atom. The van der Waals surface area contributed by atoms with E-state index in [9.17, 15) is 18.0 Å². The van der Waals surface area contributed by atoms with Gasteiger partial charge in [0.05, 0.1) is 11.1 Å². The monoisotopic (exact) mass is 230 g/mol. The van der Waals surface area contributed by atoms with Crippen molar-refractivity contribution in [3.05, 3.63) is 41.5 Å². The second-order valence-corrected chi connectivity index (χ2v) is 3.31. The van der Waals surface area contributed by atoms with Crippen LogP contribution in [0, 0.1) is 6.92 Å². The van der Waals surface area contributed by atoms with Crippen molar-refractivity contribution in [3.63, 3.8) is 0 Å². The van der Waals surface area contributed by atoms with Crippen molar-refractivity contribution in [3.8, 4) is 0 Å². The van der Waals surface area contributed by atoms with Crippen molar-refractivity contribution in [2.24, 2.45) is 0 Å². The first-order valence-corrected chi connectivity index (χ1v) is 4.34. The Labute approximate surface area is 90.0 Å². The van der Waals surface area contributed by atoms with Gasteiger partial charge in [0.15, 0.2) is 0 Å². The number of allylic oxidation sites excluding steroid dienone is 1. The van der Waals surface area contributed by atoms with E-state index in [0.717, 1.165) is 12.1 Å². The molecule has 16 heavy (non-hydrogen) atoms. The van der Waals surface area contributed by atoms with Crippen molar-refractivity contribution in [1.82, 2.24) is 0 Å². The number of alkyl halides is 3. The molecule has 1 aromatic carbocycles. The van der Waals surface area contributed by atoms with Crippen LogP contribution in [0.4, 0.5) is 13.2 Å². The molecule has 0 aliphatic carbocycles. The van der Waals surface area contributed by atoms with Crippen LogP contribution in [0.5, 0.6) is 0 Å². The van der Waals surface area contributed by atoms with Gasteiger partial charge < -0.3 is 5.11 Å². The zero-order valence-corrected chi connectivity index (χ0v) is 8.43. The van der Waals surface area contributed by atoms with E-state index in [2.05, 4.69) is 6.58 Å². The first kappa shape index (κ1) is 12.3. The minimum Gasteiger partial charge on any atom is -0.478 e. The first-order valence-electron chi connectivity index (χ1n) is 4.34. The quantitative estimate of drug-likeness (QED) is 0.846. The Hall–Kier alpha value is -1.78. The van der Waals surface area contributed by atoms with Gasteiger partial charge in [-0.05, 0) is 30.2 Å². The van der Waals surface area contributed by atoms with E-state index >= 15 is 0 Å². The van der Waals surface area contributed by atoms with Crippen LogP contribution in [0.3, 0.4) is 0 Å². The molecule has 0 spiro atoms. The summed E-state index contributed by atoms with van der Waals surface area (Å²) in [5.74, 6) is -1.17. The van der Waals surface area contributed by atoms with E-state index in [4.69, 9.17) is 5.11 Å². The zero-order valence-electron chi connectivity index (χ0n) is 8.43. The molecule has 1 rings (SSSR count). The number of carboxylic acids is 1. The summed E-state index contributed by atoms with van der Waals surface area (Å²) in [5.41, 5.74) is -0.863. The van der Waals surface area contributed by atoms with Crippen molar-refractivity contribution in [2.75, 3.05) is 0 Å². The molecule has 0 unspecified atom stereocenters. The maximum atomic E-state index is 12.4. The summed E-state index contributed by atoms with van der Waals surface area (Å²) in [5, 5.41) is 8.65. The van der Waals surface area contributed by atoms with E-state index in [0.29, 0.717) is 0 Å². The van der Waals surface area contributed by atoms with Gasteiger partial charge in [0.2, 0.25) is 0 Å². The van der Waals surface area contributed by atoms with Crippen molar-refractivity contribution in [1.29, 1.82) is 0 Å². The van der Waals surface area contributed by atoms with Crippen LogP contribution in [-0.4, -0.2) is 17.3 Å². The third-order valence-electron chi connectivity index (χ3n) is 2.14. The molecule has 2 nitrogen and oxygen atoms in total. The highest BCUT2D eigenvalue weighted by atomic mass is 19.4. The number of aromatic carboxylic acids is 1. The number of halogens is 3. The van der Waals surface area contributed by atoms with Crippen molar-refractivity contribution < 1.29 is 23.1 Å². The van der Waals surface area contributed by atoms with E-state index in [1.165, 1.54) is 13.0 Å². The van der Waals surface area contributed by atoms with Gasteiger partial charge in [0, 0.05) is 0 Å². The van der Waals surface area contributed by atoms with Gasteiger partial charge in [0.1, 0.15) is 0 Å². The molecule has 1 aromatic rings. The lowest BCUT2D eigenvalue weighted by molar-refractivity contribution is -0.0687. The van der Waals surface area contributed by atoms with Gasteiger partial charge in [-0.25, -0.2) is 4.79 Å². The molecule has 0 atom stereocenters. The van der Waals surface area contributed by atoms with Crippen LogP contribution < -0.4 is 0 Å². The number of benzene rings is 1. The van der Waals surface area contributed by atoms with Gasteiger partial charge in [-0.3, -0.25) is 0 Å². The number of hydrogen-bond donors (Lipinski definition) is 1. The fraction of sp³-hybridized carbons (Fsp3) is 0.182. The summed E-state index contributed by atoms with van der Waals surface area (Å²) < 4.78 is 37.1. The molecule has 0 fully saturated rings. The highest BCUT2D eigenvalue weighted by molar-refractivity contribution is 5.88. The second kappa shape index (κ2) is 4.00. The topological polar surface area (TPSA) is 37.3 Å². The summed E-state index contributed by atoms with van der Waals surface area (Å²) in [4.78, 5) is 10.6. The minimum absolute atomic E-state index is 0.0452. The smallest absolute Gasteiger partial charge is 0.416 e. The summed E-state index contributed by atoms with van der Waals surface area (Å²) in [6.45, 7) is 4.37. The maximum absolute atomic E-state index is 12.4. The maximum Gasteiger partial charge on any atom is 0.416 e. The van der Waals surface area contributed by atoms with Gasteiger partial charge in [-0.1, -0.05) is 12.6 Å². The third kappa shape index (κ3) is 2.42. The van der Waals surface area contributed by atoms with Crippen LogP contribution in [0.1, 0.15) is 21.5 Å². The Balaban J connectivity index is 3.19. The Morgan fingerprint density at radius 2 is 1.94 bits per heavy atom. The normalized spacial score (nSPS) is 11.2. The van der Waals surface area contributed by atoms with Crippen LogP contribution in [-0.2, 0) is 0 Å². The minimum atomic E-state index is -4.50.